The summed E-state index contributed by atoms with van der Waals surface area (Å²) in [6.45, 7) is 5.06. The highest BCUT2D eigenvalue weighted by Gasteiger charge is 2.18. The van der Waals surface area contributed by atoms with Crippen molar-refractivity contribution in [3.8, 4) is 17.6 Å². The van der Waals surface area contributed by atoms with E-state index in [-0.39, 0.29) is 5.82 Å². The van der Waals surface area contributed by atoms with Crippen LogP contribution in [0.5, 0.6) is 5.75 Å². The first-order chi connectivity index (χ1) is 13.7. The molecular formula is C26H37FO. The average molecular weight is 385 g/mol. The second kappa shape index (κ2) is 13.4. The number of benzene rings is 1. The molecule has 1 aliphatic rings. The van der Waals surface area contributed by atoms with Crippen LogP contribution in [0, 0.1) is 29.5 Å². The van der Waals surface area contributed by atoms with Crippen molar-refractivity contribution in [1.29, 1.82) is 0 Å². The lowest BCUT2D eigenvalue weighted by molar-refractivity contribution is 0.289. The van der Waals surface area contributed by atoms with Crippen molar-refractivity contribution >= 4 is 0 Å². The van der Waals surface area contributed by atoms with Gasteiger partial charge in [0.25, 0.3) is 0 Å². The molecule has 28 heavy (non-hydrogen) atoms. The average Bonchev–Trinajstić information content (AvgIpc) is 2.71. The molecule has 0 N–H and O–H groups in total. The molecule has 0 unspecified atom stereocenters. The third-order valence-electron chi connectivity index (χ3n) is 5.72. The van der Waals surface area contributed by atoms with Gasteiger partial charge in [0.1, 0.15) is 11.6 Å². The zero-order chi connectivity index (χ0) is 20.0. The molecule has 0 bridgehead atoms. The molecule has 2 heteroatoms. The van der Waals surface area contributed by atoms with Crippen LogP contribution in [-0.2, 0) is 0 Å². The summed E-state index contributed by atoms with van der Waals surface area (Å²) in [6.07, 6.45) is 18.1. The molecular weight excluding hydrogens is 347 g/mol. The van der Waals surface area contributed by atoms with Crippen molar-refractivity contribution in [3.05, 3.63) is 41.7 Å². The predicted octanol–water partition coefficient (Wildman–Crippen LogP) is 7.69. The number of hydrogen-bond donors (Lipinski definition) is 0. The van der Waals surface area contributed by atoms with E-state index in [0.717, 1.165) is 25.2 Å². The Kier molecular flexibility index (Phi) is 10.8. The molecule has 0 heterocycles. The summed E-state index contributed by atoms with van der Waals surface area (Å²) in [4.78, 5) is 0. The molecule has 0 atom stereocenters. The number of unbranched alkanes of at least 4 members (excludes halogenated alkanes) is 4. The Morgan fingerprint density at radius 3 is 2.50 bits per heavy atom. The van der Waals surface area contributed by atoms with Gasteiger partial charge in [-0.1, -0.05) is 70.3 Å². The summed E-state index contributed by atoms with van der Waals surface area (Å²) >= 11 is 0. The van der Waals surface area contributed by atoms with E-state index in [2.05, 4.69) is 31.8 Å². The lowest BCUT2D eigenvalue weighted by Gasteiger charge is -2.26. The summed E-state index contributed by atoms with van der Waals surface area (Å²) in [6, 6.07) is 4.97. The van der Waals surface area contributed by atoms with Gasteiger partial charge in [0.05, 0.1) is 12.2 Å². The van der Waals surface area contributed by atoms with E-state index >= 15 is 0 Å². The van der Waals surface area contributed by atoms with Gasteiger partial charge in [0, 0.05) is 6.07 Å². The second-order valence-corrected chi connectivity index (χ2v) is 8.10. The van der Waals surface area contributed by atoms with Gasteiger partial charge in [-0.3, -0.25) is 0 Å². The molecule has 0 amide bonds. The van der Waals surface area contributed by atoms with Gasteiger partial charge >= 0.3 is 0 Å². The Labute approximate surface area is 171 Å². The maximum Gasteiger partial charge on any atom is 0.142 e. The highest BCUT2D eigenvalue weighted by Crippen LogP contribution is 2.32. The summed E-state index contributed by atoms with van der Waals surface area (Å²) in [7, 11) is 0. The van der Waals surface area contributed by atoms with Gasteiger partial charge in [0.2, 0.25) is 0 Å². The molecule has 1 aliphatic carbocycles. The van der Waals surface area contributed by atoms with Crippen LogP contribution in [0.15, 0.2) is 30.4 Å². The second-order valence-electron chi connectivity index (χ2n) is 8.10. The van der Waals surface area contributed by atoms with Gasteiger partial charge < -0.3 is 4.74 Å². The smallest absolute Gasteiger partial charge is 0.142 e. The van der Waals surface area contributed by atoms with Crippen molar-refractivity contribution in [2.75, 3.05) is 6.61 Å². The molecule has 0 radical (unpaired) electrons. The summed E-state index contributed by atoms with van der Waals surface area (Å²) in [5.41, 5.74) is 0.435. The van der Waals surface area contributed by atoms with Crippen LogP contribution < -0.4 is 4.74 Å². The Hall–Kier alpha value is -1.75. The van der Waals surface area contributed by atoms with Crippen molar-refractivity contribution < 1.29 is 9.13 Å². The molecule has 0 aromatic heterocycles. The SMILES string of the molecule is CCCCCOc1ccc(C#C/C=C/[C@H]2CC[C@H](CCCCC)CC2)c(F)c1. The summed E-state index contributed by atoms with van der Waals surface area (Å²) in [5.74, 6) is 7.80. The van der Waals surface area contributed by atoms with Crippen LogP contribution in [0.1, 0.15) is 90.0 Å². The van der Waals surface area contributed by atoms with E-state index in [1.165, 1.54) is 57.4 Å². The molecule has 2 rings (SSSR count). The van der Waals surface area contributed by atoms with E-state index < -0.39 is 0 Å². The highest BCUT2D eigenvalue weighted by molar-refractivity contribution is 5.41. The molecule has 154 valence electrons. The van der Waals surface area contributed by atoms with Crippen LogP contribution in [-0.4, -0.2) is 6.61 Å². The first-order valence-electron chi connectivity index (χ1n) is 11.3. The largest absolute Gasteiger partial charge is 0.493 e. The fourth-order valence-electron chi connectivity index (χ4n) is 3.89. The minimum absolute atomic E-state index is 0.304. The van der Waals surface area contributed by atoms with Gasteiger partial charge in [-0.05, 0) is 62.1 Å². The van der Waals surface area contributed by atoms with Crippen LogP contribution in [0.2, 0.25) is 0 Å². The topological polar surface area (TPSA) is 9.23 Å². The maximum atomic E-state index is 14.2. The molecule has 1 nitrogen and oxygen atoms in total. The third-order valence-corrected chi connectivity index (χ3v) is 5.72. The molecule has 0 aliphatic heterocycles. The van der Waals surface area contributed by atoms with Crippen LogP contribution in [0.25, 0.3) is 0 Å². The Morgan fingerprint density at radius 2 is 1.79 bits per heavy atom. The normalized spacial score (nSPS) is 19.4. The molecule has 0 spiro atoms. The quantitative estimate of drug-likeness (QED) is 0.297. The zero-order valence-corrected chi connectivity index (χ0v) is 17.8. The van der Waals surface area contributed by atoms with Crippen LogP contribution in [0.4, 0.5) is 4.39 Å². The van der Waals surface area contributed by atoms with Crippen molar-refractivity contribution in [3.63, 3.8) is 0 Å². The minimum atomic E-state index is -0.304. The number of rotatable bonds is 10. The minimum Gasteiger partial charge on any atom is -0.493 e. The van der Waals surface area contributed by atoms with E-state index in [1.54, 1.807) is 6.07 Å². The predicted molar refractivity (Wildman–Crippen MR) is 117 cm³/mol. The standard InChI is InChI=1S/C26H37FO/c1-3-5-7-11-22-14-16-23(17-15-22)12-8-9-13-24-18-19-25(21-26(24)27)28-20-10-6-4-2/h8,12,18-19,21-23H,3-7,10-11,14-17,20H2,1-2H3/b12-8+/t22-,23-. The lowest BCUT2D eigenvalue weighted by atomic mass is 9.79. The monoisotopic (exact) mass is 384 g/mol. The molecule has 1 aromatic carbocycles. The Balaban J connectivity index is 1.74. The lowest BCUT2D eigenvalue weighted by Crippen LogP contribution is -2.12. The highest BCUT2D eigenvalue weighted by atomic mass is 19.1. The van der Waals surface area contributed by atoms with Gasteiger partial charge in [0.15, 0.2) is 0 Å². The van der Waals surface area contributed by atoms with E-state index in [0.29, 0.717) is 23.8 Å². The van der Waals surface area contributed by atoms with Gasteiger partial charge in [-0.25, -0.2) is 4.39 Å². The van der Waals surface area contributed by atoms with Gasteiger partial charge in [-0.2, -0.15) is 0 Å². The summed E-state index contributed by atoms with van der Waals surface area (Å²) < 4.78 is 19.8. The summed E-state index contributed by atoms with van der Waals surface area (Å²) in [5, 5.41) is 0. The fourth-order valence-corrected chi connectivity index (χ4v) is 3.89. The number of allylic oxidation sites excluding steroid dienone is 2. The first-order valence-corrected chi connectivity index (χ1v) is 11.3. The Bertz CT molecular complexity index is 644. The van der Waals surface area contributed by atoms with Crippen molar-refractivity contribution in [1.82, 2.24) is 0 Å². The molecule has 1 saturated carbocycles. The molecule has 0 saturated heterocycles. The maximum absolute atomic E-state index is 14.2. The van der Waals surface area contributed by atoms with Crippen LogP contribution >= 0.6 is 0 Å². The third kappa shape index (κ3) is 8.51. The Morgan fingerprint density at radius 1 is 1.04 bits per heavy atom. The van der Waals surface area contributed by atoms with Gasteiger partial charge in [-0.15, -0.1) is 0 Å². The van der Waals surface area contributed by atoms with Crippen molar-refractivity contribution in [2.24, 2.45) is 11.8 Å². The van der Waals surface area contributed by atoms with E-state index in [1.807, 2.05) is 12.1 Å². The first kappa shape index (κ1) is 22.5. The van der Waals surface area contributed by atoms with Crippen molar-refractivity contribution in [2.45, 2.75) is 84.5 Å². The number of halogens is 1. The van der Waals surface area contributed by atoms with E-state index in [9.17, 15) is 4.39 Å². The molecule has 1 aromatic rings. The molecule has 1 fully saturated rings. The zero-order valence-electron chi connectivity index (χ0n) is 17.8. The fraction of sp³-hybridized carbons (Fsp3) is 0.615. The number of hydrogen-bond acceptors (Lipinski definition) is 1. The van der Waals surface area contributed by atoms with E-state index in [4.69, 9.17) is 4.74 Å². The van der Waals surface area contributed by atoms with Crippen LogP contribution in [0.3, 0.4) is 0 Å². The number of ether oxygens (including phenoxy) is 1.